The molecule has 10 heteroatoms. The molecule has 27 heavy (non-hydrogen) atoms. The van der Waals surface area contributed by atoms with Crippen LogP contribution in [0.2, 0.25) is 0 Å². The van der Waals surface area contributed by atoms with Crippen LogP contribution in [0.25, 0.3) is 5.69 Å². The Kier molecular flexibility index (Phi) is 6.58. The number of morpholine rings is 1. The van der Waals surface area contributed by atoms with E-state index in [0.717, 1.165) is 38.5 Å². The Morgan fingerprint density at radius 3 is 2.74 bits per heavy atom. The van der Waals surface area contributed by atoms with Gasteiger partial charge in [-0.2, -0.15) is 5.10 Å². The number of amides is 1. The number of aromatic hydroxyl groups is 1. The van der Waals surface area contributed by atoms with Gasteiger partial charge in [0.25, 0.3) is 5.91 Å². The Morgan fingerprint density at radius 2 is 2.00 bits per heavy atom. The summed E-state index contributed by atoms with van der Waals surface area (Å²) in [7, 11) is 0. The molecule has 1 fully saturated rings. The minimum absolute atomic E-state index is 0.0908. The van der Waals surface area contributed by atoms with Crippen LogP contribution in [0.15, 0.2) is 36.5 Å². The van der Waals surface area contributed by atoms with Gasteiger partial charge >= 0.3 is 0 Å². The van der Waals surface area contributed by atoms with Gasteiger partial charge in [-0.1, -0.05) is 18.2 Å². The van der Waals surface area contributed by atoms with Crippen molar-refractivity contribution in [3.8, 4) is 11.4 Å². The fourth-order valence-corrected chi connectivity index (χ4v) is 2.87. The Balaban J connectivity index is 1.45. The van der Waals surface area contributed by atoms with Crippen LogP contribution in [0.3, 0.4) is 0 Å². The second-order valence-electron chi connectivity index (χ2n) is 6.09. The van der Waals surface area contributed by atoms with Crippen LogP contribution < -0.4 is 21.1 Å². The van der Waals surface area contributed by atoms with Crippen LogP contribution in [0.1, 0.15) is 10.5 Å². The SMILES string of the molecule is O=C(NNC(=S)NCC[NH+]1CCOCC1)c1nn(-c2ccccc2)cc1O. The smallest absolute Gasteiger partial charge is 0.294 e. The molecule has 0 saturated carbocycles. The first kappa shape index (κ1) is 19.1. The van der Waals surface area contributed by atoms with Crippen LogP contribution >= 0.6 is 12.2 Å². The molecular weight excluding hydrogens is 368 g/mol. The van der Waals surface area contributed by atoms with Crippen LogP contribution in [0, 0.1) is 0 Å². The van der Waals surface area contributed by atoms with E-state index in [0.29, 0.717) is 11.7 Å². The van der Waals surface area contributed by atoms with Gasteiger partial charge in [-0.3, -0.25) is 15.6 Å². The number of carbonyl (C=O) groups excluding carboxylic acids is 1. The third-order valence-corrected chi connectivity index (χ3v) is 4.43. The number of benzene rings is 1. The van der Waals surface area contributed by atoms with Crippen LogP contribution in [0.4, 0.5) is 0 Å². The summed E-state index contributed by atoms with van der Waals surface area (Å²) in [6.07, 6.45) is 1.38. The number of thiocarbonyl (C=S) groups is 1. The van der Waals surface area contributed by atoms with Crippen LogP contribution in [0.5, 0.6) is 5.75 Å². The van der Waals surface area contributed by atoms with E-state index >= 15 is 0 Å². The minimum Gasteiger partial charge on any atom is -0.504 e. The molecular formula is C17H23N6O3S+. The molecule has 2 aromatic rings. The molecule has 1 aliphatic heterocycles. The van der Waals surface area contributed by atoms with Gasteiger partial charge in [0.15, 0.2) is 16.6 Å². The molecule has 0 radical (unpaired) electrons. The summed E-state index contributed by atoms with van der Waals surface area (Å²) in [5.41, 5.74) is 5.71. The number of nitrogens with zero attached hydrogens (tertiary/aromatic N) is 2. The van der Waals surface area contributed by atoms with Crippen LogP contribution in [-0.4, -0.2) is 65.3 Å². The van der Waals surface area contributed by atoms with E-state index in [4.69, 9.17) is 17.0 Å². The minimum atomic E-state index is -0.579. The second-order valence-corrected chi connectivity index (χ2v) is 6.50. The molecule has 9 nitrogen and oxygen atoms in total. The summed E-state index contributed by atoms with van der Waals surface area (Å²) >= 11 is 5.14. The summed E-state index contributed by atoms with van der Waals surface area (Å²) in [6, 6.07) is 9.21. The molecule has 3 rings (SSSR count). The Morgan fingerprint density at radius 1 is 1.26 bits per heavy atom. The van der Waals surface area contributed by atoms with Crippen molar-refractivity contribution in [2.24, 2.45) is 0 Å². The van der Waals surface area contributed by atoms with Crippen molar-refractivity contribution < 1.29 is 19.5 Å². The van der Waals surface area contributed by atoms with Crippen molar-refractivity contribution in [2.45, 2.75) is 0 Å². The summed E-state index contributed by atoms with van der Waals surface area (Å²) in [4.78, 5) is 13.7. The highest BCUT2D eigenvalue weighted by Gasteiger charge is 2.17. The van der Waals surface area contributed by atoms with Crippen molar-refractivity contribution in [3.05, 3.63) is 42.2 Å². The van der Waals surface area contributed by atoms with E-state index in [9.17, 15) is 9.90 Å². The average molecular weight is 391 g/mol. The van der Waals surface area contributed by atoms with Crippen LogP contribution in [-0.2, 0) is 4.74 Å². The number of hydrogen-bond donors (Lipinski definition) is 5. The fraction of sp³-hybridized carbons (Fsp3) is 0.353. The zero-order valence-corrected chi connectivity index (χ0v) is 15.6. The molecule has 2 heterocycles. The van der Waals surface area contributed by atoms with Crippen molar-refractivity contribution in [2.75, 3.05) is 39.4 Å². The van der Waals surface area contributed by atoms with Gasteiger partial charge in [0.2, 0.25) is 0 Å². The van der Waals surface area contributed by atoms with Gasteiger partial charge in [0.1, 0.15) is 13.1 Å². The molecule has 0 bridgehead atoms. The molecule has 5 N–H and O–H groups in total. The van der Waals surface area contributed by atoms with E-state index in [2.05, 4.69) is 21.3 Å². The first-order chi connectivity index (χ1) is 13.1. The molecule has 1 saturated heterocycles. The molecule has 0 spiro atoms. The zero-order chi connectivity index (χ0) is 19.1. The van der Waals surface area contributed by atoms with Crippen molar-refractivity contribution in [3.63, 3.8) is 0 Å². The number of nitrogens with one attached hydrogen (secondary N) is 4. The molecule has 1 amide bonds. The number of hydrogen-bond acceptors (Lipinski definition) is 5. The monoisotopic (exact) mass is 391 g/mol. The van der Waals surface area contributed by atoms with E-state index in [1.807, 2.05) is 30.3 Å². The largest absolute Gasteiger partial charge is 0.504 e. The summed E-state index contributed by atoms with van der Waals surface area (Å²) < 4.78 is 6.76. The lowest BCUT2D eigenvalue weighted by atomic mass is 10.3. The first-order valence-electron chi connectivity index (χ1n) is 8.73. The lowest BCUT2D eigenvalue weighted by Crippen LogP contribution is -3.14. The Hall–Kier alpha value is -2.69. The number of rotatable bonds is 5. The highest BCUT2D eigenvalue weighted by molar-refractivity contribution is 7.80. The average Bonchev–Trinajstić information content (AvgIpc) is 3.09. The van der Waals surface area contributed by atoms with E-state index in [-0.39, 0.29) is 11.4 Å². The number of quaternary nitrogens is 1. The number of para-hydroxylation sites is 1. The summed E-state index contributed by atoms with van der Waals surface area (Å²) in [6.45, 7) is 5.15. The molecule has 144 valence electrons. The molecule has 0 atom stereocenters. The summed E-state index contributed by atoms with van der Waals surface area (Å²) in [5, 5.41) is 17.4. The third-order valence-electron chi connectivity index (χ3n) is 4.18. The first-order valence-corrected chi connectivity index (χ1v) is 9.14. The maximum atomic E-state index is 12.2. The van der Waals surface area contributed by atoms with Gasteiger partial charge in [-0.05, 0) is 24.4 Å². The number of carbonyl (C=O) groups is 1. The van der Waals surface area contributed by atoms with Gasteiger partial charge < -0.3 is 20.1 Å². The third kappa shape index (κ3) is 5.39. The molecule has 0 unspecified atom stereocenters. The van der Waals surface area contributed by atoms with Gasteiger partial charge in [-0.15, -0.1) is 0 Å². The predicted octanol–water partition coefficient (Wildman–Crippen LogP) is -1.40. The highest BCUT2D eigenvalue weighted by atomic mass is 32.1. The van der Waals surface area contributed by atoms with E-state index in [1.54, 1.807) is 0 Å². The Labute approximate surface area is 162 Å². The topological polar surface area (TPSA) is 105 Å². The molecule has 0 aliphatic carbocycles. The quantitative estimate of drug-likeness (QED) is 0.315. The lowest BCUT2D eigenvalue weighted by molar-refractivity contribution is -0.906. The van der Waals surface area contributed by atoms with E-state index < -0.39 is 5.91 Å². The van der Waals surface area contributed by atoms with Gasteiger partial charge in [-0.25, -0.2) is 4.68 Å². The maximum Gasteiger partial charge on any atom is 0.294 e. The van der Waals surface area contributed by atoms with Gasteiger partial charge in [0, 0.05) is 0 Å². The van der Waals surface area contributed by atoms with Crippen molar-refractivity contribution in [1.82, 2.24) is 25.9 Å². The number of hydrazine groups is 1. The highest BCUT2D eigenvalue weighted by Crippen LogP contribution is 2.17. The zero-order valence-electron chi connectivity index (χ0n) is 14.8. The maximum absolute atomic E-state index is 12.2. The molecule has 1 aliphatic rings. The summed E-state index contributed by atoms with van der Waals surface area (Å²) in [5.74, 6) is -0.793. The second kappa shape index (κ2) is 9.31. The van der Waals surface area contributed by atoms with Crippen molar-refractivity contribution in [1.29, 1.82) is 0 Å². The normalized spacial score (nSPS) is 14.5. The molecule has 1 aromatic heterocycles. The number of aromatic nitrogens is 2. The Bertz CT molecular complexity index is 776. The van der Waals surface area contributed by atoms with E-state index in [1.165, 1.54) is 15.8 Å². The van der Waals surface area contributed by atoms with Gasteiger partial charge in [0.05, 0.1) is 38.2 Å². The number of ether oxygens (including phenoxy) is 1. The predicted molar refractivity (Wildman–Crippen MR) is 103 cm³/mol. The van der Waals surface area contributed by atoms with Crippen molar-refractivity contribution >= 4 is 23.2 Å². The standard InChI is InChI=1S/C17H22N6O3S/c24-14-12-23(13-4-2-1-3-5-13)21-15(14)16(25)19-20-17(27)18-6-7-22-8-10-26-11-9-22/h1-5,12,24H,6-11H2,(H,19,25)(H2,18,20,27)/p+1. The molecule has 1 aromatic carbocycles. The fourth-order valence-electron chi connectivity index (χ4n) is 2.72. The lowest BCUT2D eigenvalue weighted by Gasteiger charge is -2.24.